The highest BCUT2D eigenvalue weighted by molar-refractivity contribution is 5.93. The number of hydrogen-bond acceptors (Lipinski definition) is 5. The number of benzene rings is 2. The molecule has 0 heterocycles. The Morgan fingerprint density at radius 1 is 0.870 bits per heavy atom. The minimum absolute atomic E-state index is 0.230. The van der Waals surface area contributed by atoms with Crippen molar-refractivity contribution in [2.75, 3.05) is 19.8 Å². The zero-order valence-corrected chi connectivity index (χ0v) is 12.4. The van der Waals surface area contributed by atoms with Crippen LogP contribution in [0, 0.1) is 0 Å². The van der Waals surface area contributed by atoms with Crippen LogP contribution in [0.5, 0.6) is 11.5 Å². The quantitative estimate of drug-likeness (QED) is 0.592. The second kappa shape index (κ2) is 8.43. The topological polar surface area (TPSA) is 87.9 Å². The summed E-state index contributed by atoms with van der Waals surface area (Å²) in [5.74, 6) is -0.278. The van der Waals surface area contributed by atoms with E-state index in [2.05, 4.69) is 0 Å². The lowest BCUT2D eigenvalue weighted by atomic mass is 10.2. The standard InChI is InChI=1S/C17H17NO5/c18-16(19)12-23-17(20)14-8-4-5-9-15(14)22-11-10-21-13-6-2-1-3-7-13/h1-9H,10-12H2,(H2,18,19). The van der Waals surface area contributed by atoms with Gasteiger partial charge in [0, 0.05) is 0 Å². The van der Waals surface area contributed by atoms with E-state index in [9.17, 15) is 9.59 Å². The number of ether oxygens (including phenoxy) is 3. The summed E-state index contributed by atoms with van der Waals surface area (Å²) in [6, 6.07) is 15.9. The van der Waals surface area contributed by atoms with Crippen molar-refractivity contribution in [3.63, 3.8) is 0 Å². The number of para-hydroxylation sites is 2. The Bertz CT molecular complexity index is 657. The number of hydrogen-bond donors (Lipinski definition) is 1. The Labute approximate surface area is 133 Å². The summed E-state index contributed by atoms with van der Waals surface area (Å²) in [4.78, 5) is 22.5. The molecule has 0 bridgehead atoms. The molecule has 0 aliphatic rings. The minimum atomic E-state index is -0.715. The molecule has 0 aliphatic heterocycles. The number of rotatable bonds is 8. The van der Waals surface area contributed by atoms with Crippen LogP contribution in [0.3, 0.4) is 0 Å². The highest BCUT2D eigenvalue weighted by Crippen LogP contribution is 2.19. The van der Waals surface area contributed by atoms with Crippen LogP contribution in [-0.2, 0) is 9.53 Å². The average molecular weight is 315 g/mol. The molecule has 6 nitrogen and oxygen atoms in total. The fourth-order valence-corrected chi connectivity index (χ4v) is 1.80. The van der Waals surface area contributed by atoms with Crippen molar-refractivity contribution in [3.05, 3.63) is 60.2 Å². The smallest absolute Gasteiger partial charge is 0.342 e. The van der Waals surface area contributed by atoms with Crippen LogP contribution in [0.25, 0.3) is 0 Å². The van der Waals surface area contributed by atoms with E-state index in [-0.39, 0.29) is 12.2 Å². The zero-order valence-electron chi connectivity index (χ0n) is 12.4. The molecular formula is C17H17NO5. The van der Waals surface area contributed by atoms with Gasteiger partial charge in [-0.15, -0.1) is 0 Å². The molecule has 0 fully saturated rings. The van der Waals surface area contributed by atoms with E-state index in [1.165, 1.54) is 0 Å². The number of carbonyl (C=O) groups is 2. The maximum Gasteiger partial charge on any atom is 0.342 e. The molecule has 0 aliphatic carbocycles. The van der Waals surface area contributed by atoms with Crippen LogP contribution < -0.4 is 15.2 Å². The van der Waals surface area contributed by atoms with Gasteiger partial charge in [0.1, 0.15) is 30.3 Å². The Kier molecular flexibility index (Phi) is 5.99. The van der Waals surface area contributed by atoms with Crippen molar-refractivity contribution in [2.24, 2.45) is 5.73 Å². The van der Waals surface area contributed by atoms with Gasteiger partial charge in [0.15, 0.2) is 6.61 Å². The molecule has 0 unspecified atom stereocenters. The van der Waals surface area contributed by atoms with E-state index in [0.29, 0.717) is 12.4 Å². The third kappa shape index (κ3) is 5.35. The lowest BCUT2D eigenvalue weighted by Crippen LogP contribution is -2.21. The number of carbonyl (C=O) groups excluding carboxylic acids is 2. The first-order valence-electron chi connectivity index (χ1n) is 7.02. The molecule has 120 valence electrons. The minimum Gasteiger partial charge on any atom is -0.490 e. The Hall–Kier alpha value is -3.02. The van der Waals surface area contributed by atoms with Crippen LogP contribution in [-0.4, -0.2) is 31.7 Å². The highest BCUT2D eigenvalue weighted by Gasteiger charge is 2.14. The van der Waals surface area contributed by atoms with Crippen molar-refractivity contribution < 1.29 is 23.8 Å². The Morgan fingerprint density at radius 2 is 1.52 bits per heavy atom. The summed E-state index contributed by atoms with van der Waals surface area (Å²) in [7, 11) is 0. The molecule has 0 spiro atoms. The molecule has 0 aromatic heterocycles. The molecule has 1 amide bonds. The maximum absolute atomic E-state index is 11.9. The van der Waals surface area contributed by atoms with Gasteiger partial charge in [0.25, 0.3) is 5.91 Å². The van der Waals surface area contributed by atoms with Gasteiger partial charge >= 0.3 is 5.97 Å². The second-order valence-corrected chi connectivity index (χ2v) is 4.55. The number of esters is 1. The molecule has 0 radical (unpaired) electrons. The van der Waals surface area contributed by atoms with Gasteiger partial charge in [-0.2, -0.15) is 0 Å². The second-order valence-electron chi connectivity index (χ2n) is 4.55. The van der Waals surface area contributed by atoms with Gasteiger partial charge in [-0.05, 0) is 24.3 Å². The average Bonchev–Trinajstić information content (AvgIpc) is 2.58. The number of amides is 1. The maximum atomic E-state index is 11.9. The van der Waals surface area contributed by atoms with E-state index in [1.807, 2.05) is 30.3 Å². The molecule has 0 saturated heterocycles. The van der Waals surface area contributed by atoms with E-state index in [4.69, 9.17) is 19.9 Å². The van der Waals surface area contributed by atoms with Gasteiger partial charge in [-0.1, -0.05) is 30.3 Å². The van der Waals surface area contributed by atoms with Crippen LogP contribution in [0.15, 0.2) is 54.6 Å². The van der Waals surface area contributed by atoms with Crippen LogP contribution in [0.2, 0.25) is 0 Å². The van der Waals surface area contributed by atoms with E-state index in [1.54, 1.807) is 24.3 Å². The highest BCUT2D eigenvalue weighted by atomic mass is 16.5. The van der Waals surface area contributed by atoms with Crippen LogP contribution >= 0.6 is 0 Å². The zero-order chi connectivity index (χ0) is 16.5. The largest absolute Gasteiger partial charge is 0.490 e. The molecule has 0 atom stereocenters. The lowest BCUT2D eigenvalue weighted by molar-refractivity contribution is -0.121. The monoisotopic (exact) mass is 315 g/mol. The van der Waals surface area contributed by atoms with Gasteiger partial charge in [-0.25, -0.2) is 4.79 Å². The SMILES string of the molecule is NC(=O)COC(=O)c1ccccc1OCCOc1ccccc1. The van der Waals surface area contributed by atoms with Crippen molar-refractivity contribution in [1.82, 2.24) is 0 Å². The number of nitrogens with two attached hydrogens (primary N) is 1. The third-order valence-corrected chi connectivity index (χ3v) is 2.81. The fraction of sp³-hybridized carbons (Fsp3) is 0.176. The van der Waals surface area contributed by atoms with Crippen molar-refractivity contribution in [3.8, 4) is 11.5 Å². The first-order chi connectivity index (χ1) is 11.2. The summed E-state index contributed by atoms with van der Waals surface area (Å²) in [5, 5.41) is 0. The molecule has 23 heavy (non-hydrogen) atoms. The normalized spacial score (nSPS) is 9.91. The molecule has 2 N–H and O–H groups in total. The third-order valence-electron chi connectivity index (χ3n) is 2.81. The lowest BCUT2D eigenvalue weighted by Gasteiger charge is -2.11. The predicted octanol–water partition coefficient (Wildman–Crippen LogP) is 1.79. The van der Waals surface area contributed by atoms with Gasteiger partial charge in [0.2, 0.25) is 0 Å². The number of primary amides is 1. The van der Waals surface area contributed by atoms with E-state index < -0.39 is 18.5 Å². The molecule has 2 rings (SSSR count). The fourth-order valence-electron chi connectivity index (χ4n) is 1.80. The summed E-state index contributed by atoms with van der Waals surface area (Å²) in [6.45, 7) is 0.119. The van der Waals surface area contributed by atoms with Gasteiger partial charge in [-0.3, -0.25) is 4.79 Å². The van der Waals surface area contributed by atoms with Crippen molar-refractivity contribution in [2.45, 2.75) is 0 Å². The summed E-state index contributed by atoms with van der Waals surface area (Å²) in [6.07, 6.45) is 0. The first-order valence-corrected chi connectivity index (χ1v) is 7.02. The van der Waals surface area contributed by atoms with Gasteiger partial charge < -0.3 is 19.9 Å². The summed E-state index contributed by atoms with van der Waals surface area (Å²) < 4.78 is 15.8. The molecule has 2 aromatic carbocycles. The van der Waals surface area contributed by atoms with E-state index >= 15 is 0 Å². The van der Waals surface area contributed by atoms with E-state index in [0.717, 1.165) is 5.75 Å². The van der Waals surface area contributed by atoms with Crippen molar-refractivity contribution >= 4 is 11.9 Å². The van der Waals surface area contributed by atoms with Crippen molar-refractivity contribution in [1.29, 1.82) is 0 Å². The molecule has 0 saturated carbocycles. The van der Waals surface area contributed by atoms with Crippen LogP contribution in [0.1, 0.15) is 10.4 Å². The first kappa shape index (κ1) is 16.4. The summed E-state index contributed by atoms with van der Waals surface area (Å²) >= 11 is 0. The molecule has 6 heteroatoms. The predicted molar refractivity (Wildman–Crippen MR) is 83.4 cm³/mol. The molecule has 2 aromatic rings. The van der Waals surface area contributed by atoms with Crippen LogP contribution in [0.4, 0.5) is 0 Å². The van der Waals surface area contributed by atoms with Gasteiger partial charge in [0.05, 0.1) is 0 Å². The molecular weight excluding hydrogens is 298 g/mol. The summed E-state index contributed by atoms with van der Waals surface area (Å²) in [5.41, 5.74) is 5.18. The Morgan fingerprint density at radius 3 is 2.26 bits per heavy atom. The Balaban J connectivity index is 1.87.